The summed E-state index contributed by atoms with van der Waals surface area (Å²) in [5.41, 5.74) is -1.35. The van der Waals surface area contributed by atoms with Crippen molar-refractivity contribution in [3.05, 3.63) is 39.7 Å². The van der Waals surface area contributed by atoms with Crippen LogP contribution in [0.2, 0.25) is 0 Å². The van der Waals surface area contributed by atoms with Crippen LogP contribution in [-0.2, 0) is 11.3 Å². The first-order chi connectivity index (χ1) is 11.0. The average molecular weight is 329 g/mol. The zero-order valence-electron chi connectivity index (χ0n) is 12.5. The molecule has 0 saturated carbocycles. The molecule has 0 bridgehead atoms. The van der Waals surface area contributed by atoms with Crippen molar-refractivity contribution in [1.29, 1.82) is 0 Å². The molecule has 0 saturated heterocycles. The van der Waals surface area contributed by atoms with E-state index in [9.17, 15) is 22.8 Å². The van der Waals surface area contributed by atoms with Crippen LogP contribution in [0.15, 0.2) is 17.1 Å². The third kappa shape index (κ3) is 2.88. The maximum Gasteiger partial charge on any atom is 0.343 e. The number of aryl methyl sites for hydroxylation is 1. The summed E-state index contributed by atoms with van der Waals surface area (Å²) in [6.45, 7) is 0.463. The molecule has 0 aliphatic carbocycles. The van der Waals surface area contributed by atoms with Crippen molar-refractivity contribution < 1.29 is 27.4 Å². The minimum Gasteiger partial charge on any atom is -0.491 e. The Labute approximate surface area is 129 Å². The Bertz CT molecular complexity index is 817. The van der Waals surface area contributed by atoms with Crippen LogP contribution in [0.25, 0.3) is 10.9 Å². The Balaban J connectivity index is 2.92. The fourth-order valence-electron chi connectivity index (χ4n) is 2.28. The maximum absolute atomic E-state index is 13.9. The zero-order valence-corrected chi connectivity index (χ0v) is 12.5. The Morgan fingerprint density at radius 3 is 2.61 bits per heavy atom. The van der Waals surface area contributed by atoms with Gasteiger partial charge in [0.1, 0.15) is 12.2 Å². The molecule has 1 aromatic heterocycles. The van der Waals surface area contributed by atoms with Crippen LogP contribution in [0.1, 0.15) is 17.3 Å². The van der Waals surface area contributed by atoms with Gasteiger partial charge >= 0.3 is 5.97 Å². The van der Waals surface area contributed by atoms with Crippen LogP contribution in [0, 0.1) is 11.6 Å². The molecule has 2 aromatic rings. The summed E-state index contributed by atoms with van der Waals surface area (Å²) in [5, 5.41) is -0.292. The fourth-order valence-corrected chi connectivity index (χ4v) is 2.28. The van der Waals surface area contributed by atoms with Crippen molar-refractivity contribution in [3.63, 3.8) is 0 Å². The van der Waals surface area contributed by atoms with E-state index in [1.807, 2.05) is 0 Å². The monoisotopic (exact) mass is 329 g/mol. The van der Waals surface area contributed by atoms with Gasteiger partial charge in [-0.25, -0.2) is 13.6 Å². The van der Waals surface area contributed by atoms with Crippen molar-refractivity contribution in [2.75, 3.05) is 20.4 Å². The molecule has 2 rings (SSSR count). The molecule has 0 aliphatic heterocycles. The van der Waals surface area contributed by atoms with E-state index in [-0.39, 0.29) is 29.6 Å². The van der Waals surface area contributed by atoms with E-state index in [4.69, 9.17) is 9.47 Å². The summed E-state index contributed by atoms with van der Waals surface area (Å²) < 4.78 is 51.0. The lowest BCUT2D eigenvalue weighted by molar-refractivity contribution is 0.0524. The second kappa shape index (κ2) is 6.72. The number of ether oxygens (including phenoxy) is 2. The summed E-state index contributed by atoms with van der Waals surface area (Å²) in [6.07, 6.45) is 1.06. The highest BCUT2D eigenvalue weighted by atomic mass is 19.2. The van der Waals surface area contributed by atoms with Crippen molar-refractivity contribution >= 4 is 16.9 Å². The molecule has 8 heteroatoms. The summed E-state index contributed by atoms with van der Waals surface area (Å²) in [4.78, 5) is 24.2. The molecule has 0 atom stereocenters. The molecule has 0 amide bonds. The number of alkyl halides is 1. The molecule has 5 nitrogen and oxygen atoms in total. The fraction of sp³-hybridized carbons (Fsp3) is 0.333. The molecule has 1 aromatic carbocycles. The third-order valence-corrected chi connectivity index (χ3v) is 3.24. The Hall–Kier alpha value is -2.51. The predicted octanol–water partition coefficient (Wildman–Crippen LogP) is 2.43. The number of carbonyl (C=O) groups excluding carboxylic acids is 1. The van der Waals surface area contributed by atoms with Gasteiger partial charge in [-0.3, -0.25) is 4.79 Å². The lowest BCUT2D eigenvalue weighted by Gasteiger charge is -2.15. The quantitative estimate of drug-likeness (QED) is 0.791. The van der Waals surface area contributed by atoms with Gasteiger partial charge in [-0.05, 0) is 13.0 Å². The van der Waals surface area contributed by atoms with E-state index in [2.05, 4.69) is 0 Å². The molecule has 0 aliphatic rings. The first kappa shape index (κ1) is 16.9. The molecule has 0 N–H and O–H groups in total. The second-order valence-corrected chi connectivity index (χ2v) is 4.58. The second-order valence-electron chi connectivity index (χ2n) is 4.58. The number of hydrogen-bond donors (Lipinski definition) is 0. The van der Waals surface area contributed by atoms with E-state index >= 15 is 0 Å². The summed E-state index contributed by atoms with van der Waals surface area (Å²) in [6, 6.07) is 0.660. The van der Waals surface area contributed by atoms with E-state index in [0.29, 0.717) is 6.07 Å². The van der Waals surface area contributed by atoms with Crippen molar-refractivity contribution in [2.24, 2.45) is 0 Å². The van der Waals surface area contributed by atoms with E-state index < -0.39 is 35.5 Å². The first-order valence-electron chi connectivity index (χ1n) is 6.78. The Kier molecular flexibility index (Phi) is 4.92. The van der Waals surface area contributed by atoms with Crippen LogP contribution < -0.4 is 10.2 Å². The number of benzene rings is 1. The summed E-state index contributed by atoms with van der Waals surface area (Å²) in [5.74, 6) is -4.05. The lowest BCUT2D eigenvalue weighted by Crippen LogP contribution is -2.22. The number of nitrogens with zero attached hydrogens (tertiary/aromatic N) is 1. The van der Waals surface area contributed by atoms with Gasteiger partial charge in [0.2, 0.25) is 11.2 Å². The number of fused-ring (bicyclic) bond motifs is 1. The smallest absolute Gasteiger partial charge is 0.343 e. The van der Waals surface area contributed by atoms with E-state index in [1.54, 1.807) is 6.92 Å². The average Bonchev–Trinajstić information content (AvgIpc) is 2.52. The number of aromatic nitrogens is 1. The molecule has 0 fully saturated rings. The van der Waals surface area contributed by atoms with Crippen molar-refractivity contribution in [3.8, 4) is 5.75 Å². The van der Waals surface area contributed by atoms with Gasteiger partial charge in [0, 0.05) is 6.20 Å². The SMILES string of the molecule is CCOC(=O)c1cn(CCF)c2c(OC)c(F)c(F)cc2c1=O. The Morgan fingerprint density at radius 2 is 2.04 bits per heavy atom. The minimum atomic E-state index is -1.31. The number of carbonyl (C=O) groups is 1. The van der Waals surface area contributed by atoms with Crippen LogP contribution in [-0.4, -0.2) is 30.9 Å². The van der Waals surface area contributed by atoms with Crippen molar-refractivity contribution in [1.82, 2.24) is 4.57 Å². The van der Waals surface area contributed by atoms with Crippen LogP contribution in [0.5, 0.6) is 5.75 Å². The van der Waals surface area contributed by atoms with Gasteiger partial charge in [0.25, 0.3) is 0 Å². The highest BCUT2D eigenvalue weighted by Crippen LogP contribution is 2.29. The number of methoxy groups -OCH3 is 1. The number of pyridine rings is 1. The summed E-state index contributed by atoms with van der Waals surface area (Å²) >= 11 is 0. The largest absolute Gasteiger partial charge is 0.491 e. The highest BCUT2D eigenvalue weighted by molar-refractivity contribution is 5.95. The summed E-state index contributed by atoms with van der Waals surface area (Å²) in [7, 11) is 1.10. The van der Waals surface area contributed by atoms with Crippen LogP contribution in [0.4, 0.5) is 13.2 Å². The van der Waals surface area contributed by atoms with Gasteiger partial charge in [-0.2, -0.15) is 4.39 Å². The standard InChI is InChI=1S/C15H14F3NO4/c1-3-23-15(21)9-7-19(5-4-16)12-8(13(9)20)6-10(17)11(18)14(12)22-2/h6-7H,3-5H2,1-2H3. The number of esters is 1. The predicted molar refractivity (Wildman–Crippen MR) is 76.6 cm³/mol. The van der Waals surface area contributed by atoms with Gasteiger partial charge in [0.05, 0.1) is 31.2 Å². The molecule has 124 valence electrons. The van der Waals surface area contributed by atoms with E-state index in [0.717, 1.165) is 17.9 Å². The molecular formula is C15H14F3NO4. The van der Waals surface area contributed by atoms with Crippen molar-refractivity contribution in [2.45, 2.75) is 13.5 Å². The number of halogens is 3. The van der Waals surface area contributed by atoms with Gasteiger partial charge in [-0.1, -0.05) is 0 Å². The molecule has 0 radical (unpaired) electrons. The topological polar surface area (TPSA) is 57.5 Å². The minimum absolute atomic E-state index is 0.0283. The van der Waals surface area contributed by atoms with Gasteiger partial charge in [-0.15, -0.1) is 0 Å². The molecular weight excluding hydrogens is 315 g/mol. The van der Waals surface area contributed by atoms with Gasteiger partial charge < -0.3 is 14.0 Å². The first-order valence-corrected chi connectivity index (χ1v) is 6.78. The third-order valence-electron chi connectivity index (χ3n) is 3.24. The van der Waals surface area contributed by atoms with Crippen LogP contribution >= 0.6 is 0 Å². The normalized spacial score (nSPS) is 10.8. The maximum atomic E-state index is 13.9. The molecule has 0 unspecified atom stereocenters. The Morgan fingerprint density at radius 1 is 1.35 bits per heavy atom. The molecule has 23 heavy (non-hydrogen) atoms. The molecule has 1 heterocycles. The van der Waals surface area contributed by atoms with Gasteiger partial charge in [0.15, 0.2) is 11.6 Å². The number of rotatable bonds is 5. The molecule has 0 spiro atoms. The lowest BCUT2D eigenvalue weighted by atomic mass is 10.1. The van der Waals surface area contributed by atoms with Crippen LogP contribution in [0.3, 0.4) is 0 Å². The highest BCUT2D eigenvalue weighted by Gasteiger charge is 2.23. The van der Waals surface area contributed by atoms with E-state index in [1.165, 1.54) is 0 Å². The number of hydrogen-bond acceptors (Lipinski definition) is 4. The zero-order chi connectivity index (χ0) is 17.1.